The molecule has 0 bridgehead atoms. The average Bonchev–Trinajstić information content (AvgIpc) is 1.90. The lowest BCUT2D eigenvalue weighted by Gasteiger charge is -2.08. The summed E-state index contributed by atoms with van der Waals surface area (Å²) >= 11 is 0. The highest BCUT2D eigenvalue weighted by atomic mass is 15.3. The van der Waals surface area contributed by atoms with Gasteiger partial charge in [-0.25, -0.2) is 0 Å². The molecule has 0 fully saturated rings. The van der Waals surface area contributed by atoms with Crippen LogP contribution in [0.15, 0.2) is 24.2 Å². The van der Waals surface area contributed by atoms with Crippen LogP contribution in [-0.2, 0) is 0 Å². The van der Waals surface area contributed by atoms with Gasteiger partial charge < -0.3 is 16.2 Å². The Kier molecular flexibility index (Phi) is 1.42. The van der Waals surface area contributed by atoms with Gasteiger partial charge in [-0.3, -0.25) is 0 Å². The summed E-state index contributed by atoms with van der Waals surface area (Å²) in [6.45, 7) is 0. The van der Waals surface area contributed by atoms with Crippen molar-refractivity contribution in [2.75, 3.05) is 7.05 Å². The minimum Gasteiger partial charge on any atom is -0.387 e. The van der Waals surface area contributed by atoms with Gasteiger partial charge in [-0.15, -0.1) is 0 Å². The number of rotatable bonds is 1. The number of nitrogens with one attached hydrogen (secondary N) is 3. The molecule has 0 unspecified atom stereocenters. The van der Waals surface area contributed by atoms with E-state index in [-0.39, 0.29) is 0 Å². The molecule has 0 saturated carbocycles. The van der Waals surface area contributed by atoms with E-state index in [0.717, 1.165) is 5.70 Å². The van der Waals surface area contributed by atoms with Crippen molar-refractivity contribution >= 4 is 0 Å². The first kappa shape index (κ1) is 5.03. The molecule has 0 atom stereocenters. The molecule has 0 saturated heterocycles. The Balaban J connectivity index is 2.51. The fourth-order valence-corrected chi connectivity index (χ4v) is 0.503. The van der Waals surface area contributed by atoms with Crippen LogP contribution in [0.25, 0.3) is 0 Å². The van der Waals surface area contributed by atoms with Crippen molar-refractivity contribution in [1.29, 1.82) is 0 Å². The molecule has 8 heavy (non-hydrogen) atoms. The summed E-state index contributed by atoms with van der Waals surface area (Å²) in [5, 5.41) is 2.98. The maximum atomic E-state index is 2.98. The van der Waals surface area contributed by atoms with Crippen LogP contribution in [0.5, 0.6) is 0 Å². The maximum absolute atomic E-state index is 2.98. The molecule has 0 aromatic heterocycles. The normalized spacial score (nSPS) is 15.9. The monoisotopic (exact) mass is 111 g/mol. The topological polar surface area (TPSA) is 36.1 Å². The van der Waals surface area contributed by atoms with Crippen molar-refractivity contribution in [3.05, 3.63) is 24.2 Å². The van der Waals surface area contributed by atoms with E-state index in [4.69, 9.17) is 0 Å². The van der Waals surface area contributed by atoms with E-state index in [0.29, 0.717) is 0 Å². The Morgan fingerprint density at radius 2 is 2.38 bits per heavy atom. The van der Waals surface area contributed by atoms with Crippen molar-refractivity contribution < 1.29 is 0 Å². The lowest BCUT2D eigenvalue weighted by Crippen LogP contribution is -2.26. The van der Waals surface area contributed by atoms with Gasteiger partial charge in [0.15, 0.2) is 0 Å². The number of likely N-dealkylation sites (N-methyl/N-ethyl adjacent to an activating group) is 1. The van der Waals surface area contributed by atoms with Crippen molar-refractivity contribution in [2.24, 2.45) is 0 Å². The van der Waals surface area contributed by atoms with Crippen molar-refractivity contribution in [3.63, 3.8) is 0 Å². The van der Waals surface area contributed by atoms with Crippen LogP contribution in [0, 0.1) is 0 Å². The number of hydrogen-bond acceptors (Lipinski definition) is 3. The Morgan fingerprint density at radius 3 is 2.75 bits per heavy atom. The van der Waals surface area contributed by atoms with Gasteiger partial charge >= 0.3 is 0 Å². The summed E-state index contributed by atoms with van der Waals surface area (Å²) in [4.78, 5) is 0. The molecule has 3 N–H and O–H groups in total. The quantitative estimate of drug-likeness (QED) is 0.433. The number of hydrogen-bond donors (Lipinski definition) is 3. The van der Waals surface area contributed by atoms with Crippen molar-refractivity contribution in [3.8, 4) is 0 Å². The minimum atomic E-state index is 1.07. The molecule has 44 valence electrons. The second-order valence-corrected chi connectivity index (χ2v) is 1.47. The lowest BCUT2D eigenvalue weighted by atomic mass is 10.4. The third kappa shape index (κ3) is 0.932. The first-order valence-corrected chi connectivity index (χ1v) is 2.49. The minimum absolute atomic E-state index is 1.07. The van der Waals surface area contributed by atoms with Gasteiger partial charge in [0.1, 0.15) is 0 Å². The van der Waals surface area contributed by atoms with Gasteiger partial charge in [-0.1, -0.05) is 0 Å². The lowest BCUT2D eigenvalue weighted by molar-refractivity contribution is 0.744. The molecule has 1 aliphatic heterocycles. The largest absolute Gasteiger partial charge is 0.387 e. The highest BCUT2D eigenvalue weighted by Gasteiger charge is 1.87. The zero-order chi connectivity index (χ0) is 5.82. The van der Waals surface area contributed by atoms with Crippen LogP contribution < -0.4 is 16.2 Å². The zero-order valence-corrected chi connectivity index (χ0v) is 4.73. The van der Waals surface area contributed by atoms with Gasteiger partial charge in [0.05, 0.1) is 5.70 Å². The zero-order valence-electron chi connectivity index (χ0n) is 4.73. The first-order chi connectivity index (χ1) is 3.93. The van der Waals surface area contributed by atoms with Gasteiger partial charge in [-0.05, 0) is 6.08 Å². The third-order valence-electron chi connectivity index (χ3n) is 0.946. The van der Waals surface area contributed by atoms with Gasteiger partial charge in [0.2, 0.25) is 0 Å². The van der Waals surface area contributed by atoms with E-state index in [2.05, 4.69) is 16.2 Å². The van der Waals surface area contributed by atoms with Gasteiger partial charge in [0.25, 0.3) is 0 Å². The Morgan fingerprint density at radius 1 is 1.50 bits per heavy atom. The summed E-state index contributed by atoms with van der Waals surface area (Å²) in [6.07, 6.45) is 5.61. The van der Waals surface area contributed by atoms with Gasteiger partial charge in [-0.2, -0.15) is 0 Å². The van der Waals surface area contributed by atoms with E-state index in [1.807, 2.05) is 25.5 Å². The SMILES string of the molecule is CNC1=CNNC=C1. The van der Waals surface area contributed by atoms with E-state index in [1.54, 1.807) is 0 Å². The summed E-state index contributed by atoms with van der Waals surface area (Å²) in [7, 11) is 1.88. The predicted molar refractivity (Wildman–Crippen MR) is 32.6 cm³/mol. The number of hydrazine groups is 1. The van der Waals surface area contributed by atoms with E-state index in [1.165, 1.54) is 0 Å². The van der Waals surface area contributed by atoms with Gasteiger partial charge in [0, 0.05) is 19.4 Å². The van der Waals surface area contributed by atoms with Crippen LogP contribution in [0.1, 0.15) is 0 Å². The Labute approximate surface area is 48.4 Å². The smallest absolute Gasteiger partial charge is 0.0531 e. The Bertz CT molecular complexity index is 126. The summed E-state index contributed by atoms with van der Waals surface area (Å²) in [5.74, 6) is 0. The molecule has 1 rings (SSSR count). The molecule has 0 amide bonds. The summed E-state index contributed by atoms with van der Waals surface area (Å²) < 4.78 is 0. The van der Waals surface area contributed by atoms with Crippen LogP contribution in [0.4, 0.5) is 0 Å². The predicted octanol–water partition coefficient (Wildman–Crippen LogP) is -0.331. The molecule has 0 radical (unpaired) electrons. The van der Waals surface area contributed by atoms with Crippen LogP contribution >= 0.6 is 0 Å². The molecule has 1 heterocycles. The molecule has 3 nitrogen and oxygen atoms in total. The third-order valence-corrected chi connectivity index (χ3v) is 0.946. The standard InChI is InChI=1S/C5H9N3/c1-6-5-2-3-7-8-4-5/h2-4,6-8H,1H3. The first-order valence-electron chi connectivity index (χ1n) is 2.49. The summed E-state index contributed by atoms with van der Waals surface area (Å²) in [6, 6.07) is 0. The van der Waals surface area contributed by atoms with E-state index >= 15 is 0 Å². The second-order valence-electron chi connectivity index (χ2n) is 1.47. The maximum Gasteiger partial charge on any atom is 0.0531 e. The Hall–Kier alpha value is -1.12. The highest BCUT2D eigenvalue weighted by Crippen LogP contribution is 1.88. The molecule has 1 aliphatic rings. The van der Waals surface area contributed by atoms with Crippen LogP contribution in [0.3, 0.4) is 0 Å². The van der Waals surface area contributed by atoms with E-state index < -0.39 is 0 Å². The van der Waals surface area contributed by atoms with Crippen LogP contribution in [-0.4, -0.2) is 7.05 Å². The molecule has 0 aromatic carbocycles. The van der Waals surface area contributed by atoms with Crippen molar-refractivity contribution in [2.45, 2.75) is 0 Å². The van der Waals surface area contributed by atoms with Crippen LogP contribution in [0.2, 0.25) is 0 Å². The molecule has 0 spiro atoms. The molecule has 0 aliphatic carbocycles. The molecule has 0 aromatic rings. The molecular weight excluding hydrogens is 102 g/mol. The second kappa shape index (κ2) is 2.26. The molecule has 3 heteroatoms. The highest BCUT2D eigenvalue weighted by molar-refractivity contribution is 5.16. The fraction of sp³-hybridized carbons (Fsp3) is 0.200. The average molecular weight is 111 g/mol. The fourth-order valence-electron chi connectivity index (χ4n) is 0.503. The number of allylic oxidation sites excluding steroid dienone is 1. The van der Waals surface area contributed by atoms with Crippen molar-refractivity contribution in [1.82, 2.24) is 16.2 Å². The van der Waals surface area contributed by atoms with E-state index in [9.17, 15) is 0 Å². The molecular formula is C5H9N3. The summed E-state index contributed by atoms with van der Waals surface area (Å²) in [5.41, 5.74) is 6.70.